The summed E-state index contributed by atoms with van der Waals surface area (Å²) in [5.74, 6) is 0. The monoisotopic (exact) mass is 247 g/mol. The molecule has 2 aromatic rings. The molecule has 1 heterocycles. The van der Waals surface area contributed by atoms with Gasteiger partial charge in [-0.05, 0) is 55.5 Å². The molecule has 1 atom stereocenters. The molecule has 1 N–H and O–H groups in total. The van der Waals surface area contributed by atoms with Crippen molar-refractivity contribution in [2.24, 2.45) is 0 Å². The van der Waals surface area contributed by atoms with Crippen LogP contribution >= 0.6 is 11.5 Å². The summed E-state index contributed by atoms with van der Waals surface area (Å²) in [6.45, 7) is 4.33. The fourth-order valence-corrected chi connectivity index (χ4v) is 2.66. The van der Waals surface area contributed by atoms with E-state index in [4.69, 9.17) is 0 Å². The van der Waals surface area contributed by atoms with Gasteiger partial charge in [0.25, 0.3) is 0 Å². The maximum Gasteiger partial charge on any atom is 0.0669 e. The van der Waals surface area contributed by atoms with E-state index >= 15 is 0 Å². The van der Waals surface area contributed by atoms with Crippen LogP contribution < -0.4 is 5.32 Å². The van der Waals surface area contributed by atoms with E-state index in [1.165, 1.54) is 33.1 Å². The van der Waals surface area contributed by atoms with Crippen LogP contribution in [-0.4, -0.2) is 16.6 Å². The minimum absolute atomic E-state index is 0.301. The van der Waals surface area contributed by atoms with Crippen molar-refractivity contribution in [1.29, 1.82) is 0 Å². The van der Waals surface area contributed by atoms with Gasteiger partial charge in [0, 0.05) is 6.04 Å². The average Bonchev–Trinajstić information content (AvgIpc) is 2.82. The number of benzene rings is 1. The van der Waals surface area contributed by atoms with E-state index in [1.807, 2.05) is 13.2 Å². The molecular formula is C13H17N3S. The van der Waals surface area contributed by atoms with E-state index in [1.54, 1.807) is 0 Å². The Morgan fingerprint density at radius 3 is 2.53 bits per heavy atom. The minimum atomic E-state index is 0.301. The highest BCUT2D eigenvalue weighted by molar-refractivity contribution is 7.05. The third-order valence-electron chi connectivity index (χ3n) is 3.12. The summed E-state index contributed by atoms with van der Waals surface area (Å²) >= 11 is 1.46. The number of nitrogens with zero attached hydrogens (tertiary/aromatic N) is 2. The van der Waals surface area contributed by atoms with Gasteiger partial charge < -0.3 is 5.32 Å². The van der Waals surface area contributed by atoms with E-state index in [0.29, 0.717) is 6.04 Å². The summed E-state index contributed by atoms with van der Waals surface area (Å²) < 4.78 is 3.93. The Morgan fingerprint density at radius 2 is 2.00 bits per heavy atom. The quantitative estimate of drug-likeness (QED) is 0.902. The van der Waals surface area contributed by atoms with Crippen LogP contribution in [0.4, 0.5) is 0 Å². The molecule has 1 aromatic carbocycles. The van der Waals surface area contributed by atoms with Crippen molar-refractivity contribution in [1.82, 2.24) is 14.9 Å². The average molecular weight is 247 g/mol. The van der Waals surface area contributed by atoms with Crippen LogP contribution in [0.5, 0.6) is 0 Å². The SMILES string of the molecule is CNC(Cc1c(C)cccc1C)c1cnns1. The van der Waals surface area contributed by atoms with E-state index in [9.17, 15) is 0 Å². The summed E-state index contributed by atoms with van der Waals surface area (Å²) in [7, 11) is 1.98. The Bertz CT molecular complexity index is 459. The number of nitrogens with one attached hydrogen (secondary N) is 1. The van der Waals surface area contributed by atoms with Gasteiger partial charge in [0.05, 0.1) is 11.1 Å². The topological polar surface area (TPSA) is 37.8 Å². The molecule has 90 valence electrons. The molecule has 17 heavy (non-hydrogen) atoms. The summed E-state index contributed by atoms with van der Waals surface area (Å²) in [6, 6.07) is 6.74. The van der Waals surface area contributed by atoms with Crippen LogP contribution in [0.1, 0.15) is 27.6 Å². The normalized spacial score (nSPS) is 12.6. The maximum atomic E-state index is 3.93. The van der Waals surface area contributed by atoms with Crippen molar-refractivity contribution in [2.45, 2.75) is 26.3 Å². The lowest BCUT2D eigenvalue weighted by atomic mass is 9.96. The molecule has 0 aliphatic rings. The largest absolute Gasteiger partial charge is 0.312 e. The fourth-order valence-electron chi connectivity index (χ4n) is 2.05. The smallest absolute Gasteiger partial charge is 0.0669 e. The highest BCUT2D eigenvalue weighted by Gasteiger charge is 2.14. The van der Waals surface area contributed by atoms with Crippen LogP contribution in [0.2, 0.25) is 0 Å². The van der Waals surface area contributed by atoms with E-state index in [2.05, 4.69) is 47.0 Å². The Labute approximate surface area is 106 Å². The number of rotatable bonds is 4. The van der Waals surface area contributed by atoms with Gasteiger partial charge in [-0.3, -0.25) is 0 Å². The lowest BCUT2D eigenvalue weighted by Crippen LogP contribution is -2.18. The molecule has 0 bridgehead atoms. The van der Waals surface area contributed by atoms with Crippen LogP contribution in [0, 0.1) is 13.8 Å². The third-order valence-corrected chi connectivity index (χ3v) is 3.90. The second kappa shape index (κ2) is 5.38. The zero-order valence-electron chi connectivity index (χ0n) is 10.4. The first-order valence-electron chi connectivity index (χ1n) is 5.72. The van der Waals surface area contributed by atoms with Gasteiger partial charge in [-0.1, -0.05) is 22.7 Å². The Balaban J connectivity index is 2.25. The van der Waals surface area contributed by atoms with E-state index < -0.39 is 0 Å². The molecule has 0 amide bonds. The summed E-state index contributed by atoms with van der Waals surface area (Å²) in [6.07, 6.45) is 2.83. The molecule has 0 fully saturated rings. The van der Waals surface area contributed by atoms with Crippen molar-refractivity contribution in [3.8, 4) is 0 Å². The van der Waals surface area contributed by atoms with Crippen molar-refractivity contribution >= 4 is 11.5 Å². The second-order valence-corrected chi connectivity index (χ2v) is 5.05. The number of aromatic nitrogens is 2. The van der Waals surface area contributed by atoms with Gasteiger partial charge in [-0.25, -0.2) is 0 Å². The highest BCUT2D eigenvalue weighted by Crippen LogP contribution is 2.23. The number of hydrogen-bond donors (Lipinski definition) is 1. The summed E-state index contributed by atoms with van der Waals surface area (Å²) in [4.78, 5) is 1.19. The predicted octanol–water partition coefficient (Wildman–Crippen LogP) is 2.66. The van der Waals surface area contributed by atoms with Gasteiger partial charge in [-0.2, -0.15) is 0 Å². The summed E-state index contributed by atoms with van der Waals surface area (Å²) in [5.41, 5.74) is 4.12. The van der Waals surface area contributed by atoms with Crippen molar-refractivity contribution < 1.29 is 0 Å². The molecule has 0 saturated carbocycles. The minimum Gasteiger partial charge on any atom is -0.312 e. The van der Waals surface area contributed by atoms with Crippen molar-refractivity contribution in [3.05, 3.63) is 46.0 Å². The second-order valence-electron chi connectivity index (χ2n) is 4.24. The van der Waals surface area contributed by atoms with Gasteiger partial charge >= 0.3 is 0 Å². The first-order chi connectivity index (χ1) is 8.22. The van der Waals surface area contributed by atoms with Crippen LogP contribution in [0.25, 0.3) is 0 Å². The van der Waals surface area contributed by atoms with Gasteiger partial charge in [0.2, 0.25) is 0 Å². The molecule has 3 nitrogen and oxygen atoms in total. The standard InChI is InChI=1S/C13H17N3S/c1-9-5-4-6-10(2)11(9)7-12(14-3)13-8-15-16-17-13/h4-6,8,12,14H,7H2,1-3H3. The molecular weight excluding hydrogens is 230 g/mol. The molecule has 4 heteroatoms. The third kappa shape index (κ3) is 2.70. The van der Waals surface area contributed by atoms with Gasteiger partial charge in [0.1, 0.15) is 0 Å². The number of likely N-dealkylation sites (N-methyl/N-ethyl adjacent to an activating group) is 1. The first kappa shape index (κ1) is 12.2. The predicted molar refractivity (Wildman–Crippen MR) is 71.3 cm³/mol. The zero-order valence-corrected chi connectivity index (χ0v) is 11.2. The molecule has 0 spiro atoms. The molecule has 0 aliphatic carbocycles. The Hall–Kier alpha value is -1.26. The lowest BCUT2D eigenvalue weighted by molar-refractivity contribution is 0.598. The lowest BCUT2D eigenvalue weighted by Gasteiger charge is -2.17. The van der Waals surface area contributed by atoms with E-state index in [0.717, 1.165) is 6.42 Å². The van der Waals surface area contributed by atoms with Gasteiger partial charge in [0.15, 0.2) is 0 Å². The highest BCUT2D eigenvalue weighted by atomic mass is 32.1. The Morgan fingerprint density at radius 1 is 1.29 bits per heavy atom. The Kier molecular flexibility index (Phi) is 3.86. The molecule has 1 aromatic heterocycles. The van der Waals surface area contributed by atoms with Crippen molar-refractivity contribution in [2.75, 3.05) is 7.05 Å². The van der Waals surface area contributed by atoms with Crippen LogP contribution in [0.15, 0.2) is 24.4 Å². The molecule has 2 rings (SSSR count). The number of aryl methyl sites for hydroxylation is 2. The molecule has 0 saturated heterocycles. The molecule has 0 radical (unpaired) electrons. The van der Waals surface area contributed by atoms with Crippen LogP contribution in [0.3, 0.4) is 0 Å². The van der Waals surface area contributed by atoms with Gasteiger partial charge in [-0.15, -0.1) is 5.10 Å². The molecule has 1 unspecified atom stereocenters. The first-order valence-corrected chi connectivity index (χ1v) is 6.49. The maximum absolute atomic E-state index is 3.93. The summed E-state index contributed by atoms with van der Waals surface area (Å²) in [5, 5.41) is 7.24. The fraction of sp³-hybridized carbons (Fsp3) is 0.385. The van der Waals surface area contributed by atoms with Crippen LogP contribution in [-0.2, 0) is 6.42 Å². The zero-order chi connectivity index (χ0) is 12.3. The number of hydrogen-bond acceptors (Lipinski definition) is 4. The van der Waals surface area contributed by atoms with Crippen molar-refractivity contribution in [3.63, 3.8) is 0 Å². The molecule has 0 aliphatic heterocycles. The van der Waals surface area contributed by atoms with E-state index in [-0.39, 0.29) is 0 Å².